The molecule has 3 rings (SSSR count). The number of nitro groups is 1. The van der Waals surface area contributed by atoms with Crippen LogP contribution in [0.5, 0.6) is 0 Å². The van der Waals surface area contributed by atoms with Crippen molar-refractivity contribution >= 4 is 28.9 Å². The van der Waals surface area contributed by atoms with E-state index >= 15 is 0 Å². The Kier molecular flexibility index (Phi) is 6.55. The third-order valence-electron chi connectivity index (χ3n) is 4.64. The summed E-state index contributed by atoms with van der Waals surface area (Å²) in [5.74, 6) is -3.42. The summed E-state index contributed by atoms with van der Waals surface area (Å²) < 4.78 is 31.5. The molecule has 0 atom stereocenters. The summed E-state index contributed by atoms with van der Waals surface area (Å²) in [6.07, 6.45) is 2.93. The number of carbonyl (C=O) groups excluding carboxylic acids is 2. The molecule has 10 heteroatoms. The van der Waals surface area contributed by atoms with E-state index in [-0.39, 0.29) is 11.3 Å². The molecule has 1 aliphatic heterocycles. The Morgan fingerprint density at radius 1 is 1.10 bits per heavy atom. The van der Waals surface area contributed by atoms with Gasteiger partial charge in [-0.25, -0.2) is 13.6 Å². The molecule has 1 N–H and O–H groups in total. The predicted octanol–water partition coefficient (Wildman–Crippen LogP) is 3.66. The molecule has 1 heterocycles. The monoisotopic (exact) mass is 419 g/mol. The summed E-state index contributed by atoms with van der Waals surface area (Å²) in [4.78, 5) is 36.9. The molecule has 0 spiro atoms. The maximum Gasteiger partial charge on any atom is 0.338 e. The summed E-state index contributed by atoms with van der Waals surface area (Å²) >= 11 is 0. The third-order valence-corrected chi connectivity index (χ3v) is 4.64. The van der Waals surface area contributed by atoms with E-state index in [9.17, 15) is 28.5 Å². The van der Waals surface area contributed by atoms with Crippen molar-refractivity contribution in [3.63, 3.8) is 0 Å². The van der Waals surface area contributed by atoms with Crippen molar-refractivity contribution in [2.45, 2.75) is 19.3 Å². The molecule has 0 aliphatic carbocycles. The molecular weight excluding hydrogens is 400 g/mol. The van der Waals surface area contributed by atoms with Crippen molar-refractivity contribution in [1.29, 1.82) is 0 Å². The third kappa shape index (κ3) is 5.07. The van der Waals surface area contributed by atoms with Crippen LogP contribution in [-0.2, 0) is 9.53 Å². The summed E-state index contributed by atoms with van der Waals surface area (Å²) in [5.41, 5.74) is -0.280. The number of amides is 1. The Labute approximate surface area is 170 Å². The lowest BCUT2D eigenvalue weighted by atomic mass is 10.1. The van der Waals surface area contributed by atoms with Gasteiger partial charge in [-0.15, -0.1) is 0 Å². The number of anilines is 2. The number of nitrogens with one attached hydrogen (secondary N) is 1. The largest absolute Gasteiger partial charge is 0.452 e. The van der Waals surface area contributed by atoms with Crippen molar-refractivity contribution in [1.82, 2.24) is 0 Å². The molecule has 1 aliphatic rings. The number of halogens is 2. The molecule has 1 saturated heterocycles. The molecule has 0 saturated carbocycles. The highest BCUT2D eigenvalue weighted by molar-refractivity contribution is 5.96. The van der Waals surface area contributed by atoms with Crippen LogP contribution in [0.3, 0.4) is 0 Å². The lowest BCUT2D eigenvalue weighted by Crippen LogP contribution is -2.30. The second kappa shape index (κ2) is 9.29. The van der Waals surface area contributed by atoms with Gasteiger partial charge >= 0.3 is 5.97 Å². The van der Waals surface area contributed by atoms with Crippen LogP contribution < -0.4 is 10.2 Å². The Balaban J connectivity index is 1.66. The molecule has 30 heavy (non-hydrogen) atoms. The minimum Gasteiger partial charge on any atom is -0.452 e. The highest BCUT2D eigenvalue weighted by Gasteiger charge is 2.24. The van der Waals surface area contributed by atoms with Crippen LogP contribution in [0.2, 0.25) is 0 Å². The number of ether oxygens (including phenoxy) is 1. The number of hydrogen-bond donors (Lipinski definition) is 1. The Bertz CT molecular complexity index is 977. The van der Waals surface area contributed by atoms with Gasteiger partial charge in [0.2, 0.25) is 0 Å². The Morgan fingerprint density at radius 2 is 1.83 bits per heavy atom. The first-order chi connectivity index (χ1) is 14.3. The molecule has 0 aromatic heterocycles. The summed E-state index contributed by atoms with van der Waals surface area (Å²) in [6.45, 7) is 0.624. The van der Waals surface area contributed by atoms with Crippen LogP contribution in [0.4, 0.5) is 25.8 Å². The number of hydrogen-bond acceptors (Lipinski definition) is 6. The fourth-order valence-corrected chi connectivity index (χ4v) is 3.19. The Hall–Kier alpha value is -3.56. The van der Waals surface area contributed by atoms with E-state index in [2.05, 4.69) is 5.32 Å². The maximum absolute atomic E-state index is 13.5. The van der Waals surface area contributed by atoms with Gasteiger partial charge < -0.3 is 15.0 Å². The van der Waals surface area contributed by atoms with E-state index in [0.29, 0.717) is 18.8 Å². The lowest BCUT2D eigenvalue weighted by molar-refractivity contribution is -0.384. The van der Waals surface area contributed by atoms with Crippen LogP contribution >= 0.6 is 0 Å². The van der Waals surface area contributed by atoms with Crippen LogP contribution in [0.15, 0.2) is 36.4 Å². The molecule has 158 valence electrons. The van der Waals surface area contributed by atoms with Gasteiger partial charge in [0, 0.05) is 25.2 Å². The SMILES string of the molecule is O=C(COC(=O)c1ccc(N2CCCCC2)c([N+](=O)[O-])c1)Nc1cc(F)ccc1F. The number of piperidine rings is 1. The number of benzene rings is 2. The maximum atomic E-state index is 13.5. The predicted molar refractivity (Wildman–Crippen MR) is 104 cm³/mol. The molecule has 0 unspecified atom stereocenters. The van der Waals surface area contributed by atoms with Crippen molar-refractivity contribution in [3.05, 3.63) is 63.7 Å². The molecule has 2 aromatic rings. The van der Waals surface area contributed by atoms with E-state index in [1.165, 1.54) is 12.1 Å². The minimum atomic E-state index is -0.946. The molecule has 1 fully saturated rings. The minimum absolute atomic E-state index is 0.0906. The normalized spacial score (nSPS) is 13.6. The first-order valence-electron chi connectivity index (χ1n) is 9.30. The first kappa shape index (κ1) is 21.2. The quantitative estimate of drug-likeness (QED) is 0.436. The van der Waals surface area contributed by atoms with Gasteiger partial charge in [-0.2, -0.15) is 0 Å². The zero-order valence-corrected chi connectivity index (χ0v) is 15.9. The van der Waals surface area contributed by atoms with Crippen LogP contribution in [-0.4, -0.2) is 36.5 Å². The zero-order chi connectivity index (χ0) is 21.7. The van der Waals surface area contributed by atoms with E-state index in [4.69, 9.17) is 4.74 Å². The highest BCUT2D eigenvalue weighted by Crippen LogP contribution is 2.31. The second-order valence-corrected chi connectivity index (χ2v) is 6.76. The molecule has 2 aromatic carbocycles. The number of nitro benzene ring substituents is 1. The van der Waals surface area contributed by atoms with Gasteiger partial charge in [-0.05, 0) is 43.5 Å². The van der Waals surface area contributed by atoms with Crippen molar-refractivity contribution < 1.29 is 28.0 Å². The van der Waals surface area contributed by atoms with Crippen molar-refractivity contribution in [2.24, 2.45) is 0 Å². The molecule has 8 nitrogen and oxygen atoms in total. The smallest absolute Gasteiger partial charge is 0.338 e. The zero-order valence-electron chi connectivity index (χ0n) is 15.9. The molecular formula is C20H19F2N3O5. The fraction of sp³-hybridized carbons (Fsp3) is 0.300. The summed E-state index contributed by atoms with van der Waals surface area (Å²) in [5, 5.41) is 13.6. The highest BCUT2D eigenvalue weighted by atomic mass is 19.1. The van der Waals surface area contributed by atoms with Gasteiger partial charge in [-0.1, -0.05) is 0 Å². The van der Waals surface area contributed by atoms with Gasteiger partial charge in [0.15, 0.2) is 6.61 Å². The van der Waals surface area contributed by atoms with E-state index in [1.54, 1.807) is 0 Å². The molecule has 0 bridgehead atoms. The average molecular weight is 419 g/mol. The van der Waals surface area contributed by atoms with E-state index in [0.717, 1.165) is 43.5 Å². The number of nitrogens with zero attached hydrogens (tertiary/aromatic N) is 2. The van der Waals surface area contributed by atoms with Gasteiger partial charge in [0.25, 0.3) is 11.6 Å². The number of esters is 1. The lowest BCUT2D eigenvalue weighted by Gasteiger charge is -2.28. The Morgan fingerprint density at radius 3 is 2.53 bits per heavy atom. The summed E-state index contributed by atoms with van der Waals surface area (Å²) in [7, 11) is 0. The van der Waals surface area contributed by atoms with E-state index in [1.807, 2.05) is 4.90 Å². The molecule has 0 radical (unpaired) electrons. The number of rotatable bonds is 6. The second-order valence-electron chi connectivity index (χ2n) is 6.76. The fourth-order valence-electron chi connectivity index (χ4n) is 3.19. The van der Waals surface area contributed by atoms with Crippen LogP contribution in [0.1, 0.15) is 29.6 Å². The van der Waals surface area contributed by atoms with Crippen LogP contribution in [0, 0.1) is 21.7 Å². The average Bonchev–Trinajstić information content (AvgIpc) is 2.74. The summed E-state index contributed by atoms with van der Waals surface area (Å²) in [6, 6.07) is 6.52. The first-order valence-corrected chi connectivity index (χ1v) is 9.30. The van der Waals surface area contributed by atoms with Gasteiger partial charge in [0.1, 0.15) is 17.3 Å². The van der Waals surface area contributed by atoms with Crippen molar-refractivity contribution in [3.8, 4) is 0 Å². The van der Waals surface area contributed by atoms with E-state index < -0.39 is 40.7 Å². The van der Waals surface area contributed by atoms with Gasteiger partial charge in [-0.3, -0.25) is 14.9 Å². The standard InChI is InChI=1S/C20H19F2N3O5/c21-14-5-6-15(22)16(11-14)23-19(26)12-30-20(27)13-4-7-17(18(10-13)25(28)29)24-8-2-1-3-9-24/h4-7,10-11H,1-3,8-9,12H2,(H,23,26). The number of carbonyl (C=O) groups is 2. The van der Waals surface area contributed by atoms with Crippen molar-refractivity contribution in [2.75, 3.05) is 29.9 Å². The molecule has 1 amide bonds. The topological polar surface area (TPSA) is 102 Å². The van der Waals surface area contributed by atoms with Crippen LogP contribution in [0.25, 0.3) is 0 Å². The van der Waals surface area contributed by atoms with Gasteiger partial charge in [0.05, 0.1) is 16.2 Å².